The van der Waals surface area contributed by atoms with Crippen molar-refractivity contribution in [2.45, 2.75) is 31.6 Å². The first-order valence-corrected chi connectivity index (χ1v) is 10.8. The average molecular weight is 402 g/mol. The van der Waals surface area contributed by atoms with E-state index >= 15 is 0 Å². The Balaban J connectivity index is 1.44. The van der Waals surface area contributed by atoms with Gasteiger partial charge < -0.3 is 14.8 Å². The number of piperidine rings is 1. The van der Waals surface area contributed by atoms with E-state index in [2.05, 4.69) is 28.2 Å². The van der Waals surface area contributed by atoms with E-state index in [9.17, 15) is 9.59 Å². The number of nitrogens with one attached hydrogen (secondary N) is 1. The summed E-state index contributed by atoms with van der Waals surface area (Å²) in [5.41, 5.74) is 4.66. The van der Waals surface area contributed by atoms with Gasteiger partial charge in [-0.3, -0.25) is 14.6 Å². The number of aromatic amines is 1. The molecule has 2 aliphatic heterocycles. The number of carbonyl (C=O) groups is 2. The number of rotatable bonds is 4. The zero-order chi connectivity index (χ0) is 20.5. The molecule has 154 valence electrons. The van der Waals surface area contributed by atoms with E-state index in [4.69, 9.17) is 0 Å². The number of likely N-dealkylation sites (tertiary alicyclic amines) is 2. The Kier molecular flexibility index (Phi) is 4.99. The second kappa shape index (κ2) is 7.94. The minimum absolute atomic E-state index is 0.0662. The van der Waals surface area contributed by atoms with Gasteiger partial charge in [0.25, 0.3) is 0 Å². The van der Waals surface area contributed by atoms with E-state index in [0.29, 0.717) is 19.5 Å². The summed E-state index contributed by atoms with van der Waals surface area (Å²) >= 11 is 0. The van der Waals surface area contributed by atoms with Crippen LogP contribution >= 0.6 is 0 Å². The normalized spacial score (nSPS) is 19.6. The summed E-state index contributed by atoms with van der Waals surface area (Å²) in [7, 11) is 0. The molecular formula is C24H26N4O2. The summed E-state index contributed by atoms with van der Waals surface area (Å²) in [4.78, 5) is 36.3. The molecule has 1 atom stereocenters. The highest BCUT2D eigenvalue weighted by atomic mass is 16.2. The molecule has 30 heavy (non-hydrogen) atoms. The van der Waals surface area contributed by atoms with Crippen molar-refractivity contribution in [1.82, 2.24) is 19.8 Å². The molecule has 2 amide bonds. The summed E-state index contributed by atoms with van der Waals surface area (Å²) < 4.78 is 0. The Labute approximate surface area is 175 Å². The van der Waals surface area contributed by atoms with Gasteiger partial charge in [0, 0.05) is 66.5 Å². The van der Waals surface area contributed by atoms with Crippen molar-refractivity contribution in [3.8, 4) is 11.1 Å². The van der Waals surface area contributed by atoms with Crippen LogP contribution in [0, 0.1) is 0 Å². The summed E-state index contributed by atoms with van der Waals surface area (Å²) in [5, 5.41) is 1.20. The van der Waals surface area contributed by atoms with Crippen molar-refractivity contribution in [3.05, 3.63) is 54.5 Å². The number of benzene rings is 1. The van der Waals surface area contributed by atoms with Crippen LogP contribution in [0.1, 0.15) is 37.3 Å². The molecule has 2 aromatic heterocycles. The number of hydrogen-bond acceptors (Lipinski definition) is 3. The molecule has 5 rings (SSSR count). The Bertz CT molecular complexity index is 1080. The van der Waals surface area contributed by atoms with Crippen molar-refractivity contribution < 1.29 is 9.59 Å². The Morgan fingerprint density at radius 3 is 2.73 bits per heavy atom. The average Bonchev–Trinajstić information content (AvgIpc) is 3.38. The van der Waals surface area contributed by atoms with Crippen molar-refractivity contribution in [1.29, 1.82) is 0 Å². The molecule has 3 aromatic rings. The smallest absolute Gasteiger partial charge is 0.242 e. The van der Waals surface area contributed by atoms with Crippen molar-refractivity contribution in [2.75, 3.05) is 26.2 Å². The van der Waals surface area contributed by atoms with Gasteiger partial charge in [0.15, 0.2) is 0 Å². The summed E-state index contributed by atoms with van der Waals surface area (Å²) in [5.74, 6) is 0.413. The monoisotopic (exact) mass is 402 g/mol. The first-order valence-electron chi connectivity index (χ1n) is 10.8. The largest absolute Gasteiger partial charge is 0.358 e. The SMILES string of the molecule is O=C1CCCN1CC(=O)N1CCCC(c2[nH]c3ccccc3c2-c2ccncc2)C1. The summed E-state index contributed by atoms with van der Waals surface area (Å²) in [6, 6.07) is 12.5. The standard InChI is InChI=1S/C24H26N4O2/c29-21-8-4-14-28(21)16-22(30)27-13-3-5-18(15-27)24-23(17-9-11-25-12-10-17)19-6-1-2-7-20(19)26-24/h1-2,6-7,9-12,18,26H,3-5,8,13-16H2. The molecule has 2 aliphatic rings. The van der Waals surface area contributed by atoms with Gasteiger partial charge in [-0.25, -0.2) is 0 Å². The molecule has 0 spiro atoms. The van der Waals surface area contributed by atoms with Gasteiger partial charge in [0.2, 0.25) is 11.8 Å². The van der Waals surface area contributed by atoms with Crippen LogP contribution in [-0.2, 0) is 9.59 Å². The predicted molar refractivity (Wildman–Crippen MR) is 116 cm³/mol. The van der Waals surface area contributed by atoms with Gasteiger partial charge in [-0.2, -0.15) is 0 Å². The van der Waals surface area contributed by atoms with E-state index in [1.165, 1.54) is 16.6 Å². The van der Waals surface area contributed by atoms with Crippen LogP contribution in [0.2, 0.25) is 0 Å². The molecule has 0 aliphatic carbocycles. The van der Waals surface area contributed by atoms with Crippen LogP contribution in [0.5, 0.6) is 0 Å². The van der Waals surface area contributed by atoms with Gasteiger partial charge in [-0.1, -0.05) is 18.2 Å². The zero-order valence-electron chi connectivity index (χ0n) is 17.0. The molecule has 2 saturated heterocycles. The minimum Gasteiger partial charge on any atom is -0.358 e. The number of amides is 2. The van der Waals surface area contributed by atoms with E-state index in [0.717, 1.165) is 36.9 Å². The Morgan fingerprint density at radius 2 is 1.93 bits per heavy atom. The predicted octanol–water partition coefficient (Wildman–Crippen LogP) is 3.56. The second-order valence-corrected chi connectivity index (χ2v) is 8.29. The molecular weight excluding hydrogens is 376 g/mol. The van der Waals surface area contributed by atoms with Crippen molar-refractivity contribution >= 4 is 22.7 Å². The quantitative estimate of drug-likeness (QED) is 0.725. The third kappa shape index (κ3) is 3.47. The molecule has 0 bridgehead atoms. The number of para-hydroxylation sites is 1. The van der Waals surface area contributed by atoms with Gasteiger partial charge in [0.05, 0.1) is 6.54 Å². The van der Waals surface area contributed by atoms with Crippen LogP contribution in [0.3, 0.4) is 0 Å². The molecule has 6 heteroatoms. The highest BCUT2D eigenvalue weighted by Gasteiger charge is 2.30. The maximum atomic E-state index is 12.9. The van der Waals surface area contributed by atoms with E-state index < -0.39 is 0 Å². The lowest BCUT2D eigenvalue weighted by Gasteiger charge is -2.34. The number of hydrogen-bond donors (Lipinski definition) is 1. The highest BCUT2D eigenvalue weighted by Crippen LogP contribution is 2.39. The lowest BCUT2D eigenvalue weighted by atomic mass is 9.89. The fraction of sp³-hybridized carbons (Fsp3) is 0.375. The van der Waals surface area contributed by atoms with E-state index in [-0.39, 0.29) is 24.3 Å². The fourth-order valence-corrected chi connectivity index (χ4v) is 4.87. The van der Waals surface area contributed by atoms with Crippen LogP contribution in [-0.4, -0.2) is 57.8 Å². The van der Waals surface area contributed by atoms with Gasteiger partial charge >= 0.3 is 0 Å². The molecule has 0 radical (unpaired) electrons. The lowest BCUT2D eigenvalue weighted by molar-refractivity contribution is -0.139. The van der Waals surface area contributed by atoms with Crippen LogP contribution < -0.4 is 0 Å². The molecule has 0 saturated carbocycles. The topological polar surface area (TPSA) is 69.3 Å². The Hall–Kier alpha value is -3.15. The molecule has 6 nitrogen and oxygen atoms in total. The number of fused-ring (bicyclic) bond motifs is 1. The molecule has 1 unspecified atom stereocenters. The number of H-pyrrole nitrogens is 1. The van der Waals surface area contributed by atoms with Gasteiger partial charge in [-0.05, 0) is 43.0 Å². The van der Waals surface area contributed by atoms with Crippen LogP contribution in [0.15, 0.2) is 48.8 Å². The van der Waals surface area contributed by atoms with Crippen molar-refractivity contribution in [2.24, 2.45) is 0 Å². The lowest BCUT2D eigenvalue weighted by Crippen LogP contribution is -2.45. The first kappa shape index (κ1) is 18.9. The molecule has 1 aromatic carbocycles. The first-order chi connectivity index (χ1) is 14.7. The minimum atomic E-state index is 0.0662. The number of pyridine rings is 1. The zero-order valence-corrected chi connectivity index (χ0v) is 17.0. The maximum Gasteiger partial charge on any atom is 0.242 e. The van der Waals surface area contributed by atoms with Gasteiger partial charge in [-0.15, -0.1) is 0 Å². The number of aromatic nitrogens is 2. The fourth-order valence-electron chi connectivity index (χ4n) is 4.87. The highest BCUT2D eigenvalue weighted by molar-refractivity contribution is 5.97. The third-order valence-electron chi connectivity index (χ3n) is 6.38. The molecule has 1 N–H and O–H groups in total. The van der Waals surface area contributed by atoms with Crippen LogP contribution in [0.4, 0.5) is 0 Å². The van der Waals surface area contributed by atoms with Crippen molar-refractivity contribution in [3.63, 3.8) is 0 Å². The summed E-state index contributed by atoms with van der Waals surface area (Å²) in [6.45, 7) is 2.37. The van der Waals surface area contributed by atoms with E-state index in [1.807, 2.05) is 35.5 Å². The molecule has 4 heterocycles. The third-order valence-corrected chi connectivity index (χ3v) is 6.38. The Morgan fingerprint density at radius 1 is 1.10 bits per heavy atom. The van der Waals surface area contributed by atoms with Crippen LogP contribution in [0.25, 0.3) is 22.0 Å². The van der Waals surface area contributed by atoms with E-state index in [1.54, 1.807) is 4.90 Å². The number of nitrogens with zero attached hydrogens (tertiary/aromatic N) is 3. The van der Waals surface area contributed by atoms with Gasteiger partial charge in [0.1, 0.15) is 0 Å². The second-order valence-electron chi connectivity index (χ2n) is 8.29. The summed E-state index contributed by atoms with van der Waals surface area (Å²) in [6.07, 6.45) is 7.08. The number of carbonyl (C=O) groups excluding carboxylic acids is 2. The molecule has 2 fully saturated rings. The maximum absolute atomic E-state index is 12.9.